The molecule has 1 aliphatic rings. The molecular weight excluding hydrogens is 541 g/mol. The van der Waals surface area contributed by atoms with Crippen molar-refractivity contribution >= 4 is 34.1 Å². The smallest absolute Gasteiger partial charge is 0.320 e. The van der Waals surface area contributed by atoms with E-state index in [0.29, 0.717) is 17.3 Å². The van der Waals surface area contributed by atoms with Crippen molar-refractivity contribution < 1.29 is 9.18 Å². The van der Waals surface area contributed by atoms with Gasteiger partial charge in [-0.25, -0.2) is 13.9 Å². The number of H-pyrrole nitrogens is 1. The summed E-state index contributed by atoms with van der Waals surface area (Å²) in [6.45, 7) is 9.26. The Morgan fingerprint density at radius 2 is 1.91 bits per heavy atom. The Labute approximate surface area is 251 Å². The fourth-order valence-electron chi connectivity index (χ4n) is 5.49. The number of anilines is 3. The van der Waals surface area contributed by atoms with Crippen LogP contribution in [0.25, 0.3) is 16.6 Å². The molecule has 3 N–H and O–H groups in total. The van der Waals surface area contributed by atoms with Crippen LogP contribution in [-0.2, 0) is 12.0 Å². The number of amides is 2. The van der Waals surface area contributed by atoms with Gasteiger partial charge < -0.3 is 10.2 Å². The molecule has 0 saturated heterocycles. The average Bonchev–Trinajstić information content (AvgIpc) is 3.59. The lowest BCUT2D eigenvalue weighted by atomic mass is 9.84. The molecule has 0 spiro atoms. The molecule has 0 unspecified atom stereocenters. The molecule has 2 aromatic heterocycles. The number of hydrogen-bond donors (Lipinski definition) is 3. The maximum atomic E-state index is 14.6. The van der Waals surface area contributed by atoms with Gasteiger partial charge in [-0.2, -0.15) is 10.2 Å². The average molecular weight is 580 g/mol. The topological polar surface area (TPSA) is 90.9 Å². The van der Waals surface area contributed by atoms with E-state index in [4.69, 9.17) is 5.10 Å². The molecular formula is C34H38FN7O. The number of benzene rings is 3. The normalized spacial score (nSPS) is 13.6. The lowest BCUT2D eigenvalue weighted by Gasteiger charge is -2.35. The van der Waals surface area contributed by atoms with Gasteiger partial charge in [-0.15, -0.1) is 0 Å². The highest BCUT2D eigenvalue weighted by Gasteiger charge is 2.25. The first-order valence-electron chi connectivity index (χ1n) is 14.9. The van der Waals surface area contributed by atoms with Gasteiger partial charge in [-0.1, -0.05) is 45.4 Å². The summed E-state index contributed by atoms with van der Waals surface area (Å²) in [5.74, 6) is 0.784. The highest BCUT2D eigenvalue weighted by molar-refractivity contribution is 5.89. The van der Waals surface area contributed by atoms with Crippen LogP contribution in [0.2, 0.25) is 0 Å². The molecule has 2 heterocycles. The first kappa shape index (κ1) is 28.5. The Balaban J connectivity index is 1.26. The van der Waals surface area contributed by atoms with Gasteiger partial charge >= 0.3 is 6.03 Å². The van der Waals surface area contributed by atoms with E-state index >= 15 is 0 Å². The summed E-state index contributed by atoms with van der Waals surface area (Å²) in [6.07, 6.45) is 5.39. The van der Waals surface area contributed by atoms with Crippen molar-refractivity contribution in [2.75, 3.05) is 16.8 Å². The van der Waals surface area contributed by atoms with Gasteiger partial charge in [0.25, 0.3) is 0 Å². The van der Waals surface area contributed by atoms with Crippen LogP contribution in [0.3, 0.4) is 0 Å². The van der Waals surface area contributed by atoms with E-state index < -0.39 is 6.03 Å². The number of hydrogen-bond acceptors (Lipinski definition) is 4. The Kier molecular flexibility index (Phi) is 7.64. The number of halogens is 1. The van der Waals surface area contributed by atoms with Crippen LogP contribution >= 0.6 is 0 Å². The summed E-state index contributed by atoms with van der Waals surface area (Å²) in [5.41, 5.74) is 6.13. The van der Waals surface area contributed by atoms with E-state index in [2.05, 4.69) is 58.6 Å². The number of urea groups is 1. The summed E-state index contributed by atoms with van der Waals surface area (Å²) in [7, 11) is 0. The number of nitrogens with zero attached hydrogens (tertiary/aromatic N) is 4. The first-order chi connectivity index (χ1) is 20.7. The maximum Gasteiger partial charge on any atom is 0.320 e. The zero-order valence-electron chi connectivity index (χ0n) is 25.1. The van der Waals surface area contributed by atoms with Gasteiger partial charge in [0.1, 0.15) is 11.6 Å². The Hall–Kier alpha value is -4.66. The molecule has 5 aromatic rings. The molecule has 3 aromatic carbocycles. The van der Waals surface area contributed by atoms with E-state index in [1.54, 1.807) is 4.68 Å². The zero-order valence-corrected chi connectivity index (χ0v) is 25.1. The number of aromatic nitrogens is 4. The molecule has 1 saturated carbocycles. The Morgan fingerprint density at radius 1 is 1.09 bits per heavy atom. The second-order valence-corrected chi connectivity index (χ2v) is 12.5. The van der Waals surface area contributed by atoms with Crippen LogP contribution < -0.4 is 15.5 Å². The van der Waals surface area contributed by atoms with Crippen LogP contribution in [0, 0.1) is 18.7 Å². The molecule has 6 rings (SSSR count). The molecule has 1 fully saturated rings. The second kappa shape index (κ2) is 11.6. The van der Waals surface area contributed by atoms with E-state index in [-0.39, 0.29) is 17.8 Å². The predicted molar refractivity (Wildman–Crippen MR) is 170 cm³/mol. The number of carbonyl (C=O) groups is 1. The van der Waals surface area contributed by atoms with Crippen molar-refractivity contribution in [3.63, 3.8) is 0 Å². The lowest BCUT2D eigenvalue weighted by molar-refractivity contribution is 0.251. The summed E-state index contributed by atoms with van der Waals surface area (Å²) in [6, 6.07) is 20.4. The number of aromatic amines is 1. The maximum absolute atomic E-state index is 14.6. The molecule has 43 heavy (non-hydrogen) atoms. The minimum Gasteiger partial charge on any atom is -0.341 e. The fourth-order valence-corrected chi connectivity index (χ4v) is 5.49. The van der Waals surface area contributed by atoms with Crippen molar-refractivity contribution in [1.82, 2.24) is 25.3 Å². The fraction of sp³-hybridized carbons (Fsp3) is 0.324. The van der Waals surface area contributed by atoms with Crippen LogP contribution in [0.4, 0.5) is 26.4 Å². The molecule has 0 bridgehead atoms. The summed E-state index contributed by atoms with van der Waals surface area (Å²) >= 11 is 0. The van der Waals surface area contributed by atoms with Gasteiger partial charge in [0.15, 0.2) is 0 Å². The molecule has 2 amide bonds. The molecule has 8 nitrogen and oxygen atoms in total. The van der Waals surface area contributed by atoms with E-state index in [1.165, 1.54) is 31.4 Å². The van der Waals surface area contributed by atoms with Crippen molar-refractivity contribution in [2.24, 2.45) is 5.92 Å². The lowest BCUT2D eigenvalue weighted by Crippen LogP contribution is -2.32. The first-order valence-corrected chi connectivity index (χ1v) is 14.9. The summed E-state index contributed by atoms with van der Waals surface area (Å²) in [5, 5.41) is 19.0. The van der Waals surface area contributed by atoms with Crippen LogP contribution in [0.1, 0.15) is 56.9 Å². The van der Waals surface area contributed by atoms with Gasteiger partial charge in [0, 0.05) is 41.3 Å². The number of rotatable bonds is 8. The van der Waals surface area contributed by atoms with Gasteiger partial charge in [0.05, 0.1) is 23.1 Å². The van der Waals surface area contributed by atoms with Crippen LogP contribution in [0.5, 0.6) is 0 Å². The van der Waals surface area contributed by atoms with Crippen molar-refractivity contribution in [2.45, 2.75) is 58.9 Å². The second-order valence-electron chi connectivity index (χ2n) is 12.5. The SMILES string of the molecule is Cc1ccccc1-n1nc(C(C)(C)C)cc1NC(=O)NCc1cc(F)ccc1N(CC1CCC1)c1ccc2[nH]ncc2c1. The number of nitrogens with one attached hydrogen (secondary N) is 3. The zero-order chi connectivity index (χ0) is 30.1. The monoisotopic (exact) mass is 579 g/mol. The van der Waals surface area contributed by atoms with Crippen LogP contribution in [0.15, 0.2) is 72.9 Å². The number of aryl methyl sites for hydroxylation is 1. The molecule has 1 aliphatic carbocycles. The van der Waals surface area contributed by atoms with Gasteiger partial charge in [0.2, 0.25) is 0 Å². The molecule has 222 valence electrons. The molecule has 0 aliphatic heterocycles. The highest BCUT2D eigenvalue weighted by atomic mass is 19.1. The van der Waals surface area contributed by atoms with E-state index in [9.17, 15) is 9.18 Å². The number of carbonyl (C=O) groups excluding carboxylic acids is 1. The quantitative estimate of drug-likeness (QED) is 0.175. The third kappa shape index (κ3) is 6.11. The highest BCUT2D eigenvalue weighted by Crippen LogP contribution is 2.36. The Bertz CT molecular complexity index is 1760. The predicted octanol–water partition coefficient (Wildman–Crippen LogP) is 7.75. The number of fused-ring (bicyclic) bond motifs is 1. The minimum atomic E-state index is -0.393. The third-order valence-electron chi connectivity index (χ3n) is 8.24. The largest absolute Gasteiger partial charge is 0.341 e. The number of para-hydroxylation sites is 1. The van der Waals surface area contributed by atoms with Crippen LogP contribution in [-0.4, -0.2) is 32.6 Å². The standard InChI is InChI=1S/C34H38FN7O/c1-22-8-5-6-11-29(22)42-32(18-31(40-42)34(2,3)4)38-33(43)36-19-25-16-26(35)12-15-30(25)41(21-23-9-7-10-23)27-13-14-28-24(17-27)20-37-39-28/h5-6,8,11-18,20,23H,7,9-10,19,21H2,1-4H3,(H,37,39)(H2,36,38,43). The Morgan fingerprint density at radius 3 is 2.65 bits per heavy atom. The van der Waals surface area contributed by atoms with Crippen molar-refractivity contribution in [1.29, 1.82) is 0 Å². The van der Waals surface area contributed by atoms with Crippen molar-refractivity contribution in [3.8, 4) is 5.69 Å². The van der Waals surface area contributed by atoms with Gasteiger partial charge in [-0.05, 0) is 79.3 Å². The van der Waals surface area contributed by atoms with Gasteiger partial charge in [-0.3, -0.25) is 10.4 Å². The summed E-state index contributed by atoms with van der Waals surface area (Å²) in [4.78, 5) is 15.6. The molecule has 0 atom stereocenters. The molecule has 0 radical (unpaired) electrons. The van der Waals surface area contributed by atoms with E-state index in [0.717, 1.165) is 45.8 Å². The third-order valence-corrected chi connectivity index (χ3v) is 8.24. The molecule has 9 heteroatoms. The summed E-state index contributed by atoms with van der Waals surface area (Å²) < 4.78 is 16.4. The van der Waals surface area contributed by atoms with Crippen molar-refractivity contribution in [3.05, 3.63) is 95.6 Å². The van der Waals surface area contributed by atoms with E-state index in [1.807, 2.05) is 55.6 Å². The minimum absolute atomic E-state index is 0.151.